The molecule has 0 saturated carbocycles. The molecule has 4 N–H and O–H groups in total. The van der Waals surface area contributed by atoms with Crippen LogP contribution in [0.5, 0.6) is 11.6 Å². The molecule has 9 nitrogen and oxygen atoms in total. The van der Waals surface area contributed by atoms with Crippen molar-refractivity contribution in [2.75, 3.05) is 25.2 Å². The molecule has 0 unspecified atom stereocenters. The number of oxime groups is 1. The van der Waals surface area contributed by atoms with E-state index in [1.807, 2.05) is 0 Å². The van der Waals surface area contributed by atoms with E-state index in [0.29, 0.717) is 17.0 Å². The van der Waals surface area contributed by atoms with E-state index in [2.05, 4.69) is 30.6 Å². The van der Waals surface area contributed by atoms with Crippen molar-refractivity contribution in [3.63, 3.8) is 0 Å². The third-order valence-electron chi connectivity index (χ3n) is 2.79. The molecule has 24 heavy (non-hydrogen) atoms. The van der Waals surface area contributed by atoms with Gasteiger partial charge in [0, 0.05) is 12.7 Å². The molecule has 1 aromatic carbocycles. The van der Waals surface area contributed by atoms with E-state index in [-0.39, 0.29) is 22.8 Å². The lowest BCUT2D eigenvalue weighted by atomic mass is 10.3. The van der Waals surface area contributed by atoms with Gasteiger partial charge in [0.05, 0.1) is 11.2 Å². The van der Waals surface area contributed by atoms with Gasteiger partial charge in [0.2, 0.25) is 5.88 Å². The average molecular weight is 351 g/mol. The van der Waals surface area contributed by atoms with E-state index in [4.69, 9.17) is 22.1 Å². The highest BCUT2D eigenvalue weighted by Crippen LogP contribution is 2.32. The van der Waals surface area contributed by atoms with Crippen LogP contribution in [0.3, 0.4) is 0 Å². The zero-order chi connectivity index (χ0) is 17.5. The molecule has 1 heterocycles. The van der Waals surface area contributed by atoms with E-state index in [1.165, 1.54) is 26.7 Å². The Bertz CT molecular complexity index is 768. The molecule has 0 fully saturated rings. The van der Waals surface area contributed by atoms with Crippen molar-refractivity contribution in [2.45, 2.75) is 0 Å². The number of nitrogens with one attached hydrogen (secondary N) is 2. The summed E-state index contributed by atoms with van der Waals surface area (Å²) in [5.74, 6) is 0.663. The molecule has 2 aromatic rings. The number of benzene rings is 1. The molecular weight excluding hydrogens is 336 g/mol. The predicted molar refractivity (Wildman–Crippen MR) is 90.7 cm³/mol. The molecule has 126 valence electrons. The van der Waals surface area contributed by atoms with Gasteiger partial charge >= 0.3 is 6.03 Å². The number of urea groups is 1. The second-order valence-electron chi connectivity index (χ2n) is 4.35. The van der Waals surface area contributed by atoms with E-state index >= 15 is 0 Å². The fraction of sp³-hybridized carbons (Fsp3) is 0.143. The Hall–Kier alpha value is -3.07. The number of carbonyl (C=O) groups excluding carboxylic acids is 1. The van der Waals surface area contributed by atoms with Crippen molar-refractivity contribution in [3.8, 4) is 11.6 Å². The lowest BCUT2D eigenvalue weighted by Crippen LogP contribution is -2.24. The maximum Gasteiger partial charge on any atom is 0.318 e. The number of halogens is 1. The van der Waals surface area contributed by atoms with Crippen LogP contribution >= 0.6 is 11.6 Å². The van der Waals surface area contributed by atoms with Gasteiger partial charge in [0.25, 0.3) is 0 Å². The summed E-state index contributed by atoms with van der Waals surface area (Å²) in [6.45, 7) is 0. The number of nitrogen functional groups attached to an aromatic ring is 1. The molecule has 0 aliphatic heterocycles. The van der Waals surface area contributed by atoms with Gasteiger partial charge in [0.1, 0.15) is 30.6 Å². The maximum atomic E-state index is 11.3. The number of nitrogens with zero attached hydrogens (tertiary/aromatic N) is 3. The van der Waals surface area contributed by atoms with Crippen LogP contribution in [0.4, 0.5) is 16.3 Å². The highest BCUT2D eigenvalue weighted by molar-refractivity contribution is 6.32. The van der Waals surface area contributed by atoms with Crippen molar-refractivity contribution in [3.05, 3.63) is 35.1 Å². The number of hydrogen-bond donors (Lipinski definition) is 3. The third-order valence-corrected chi connectivity index (χ3v) is 3.08. The smallest absolute Gasteiger partial charge is 0.318 e. The lowest BCUT2D eigenvalue weighted by Gasteiger charge is -2.11. The van der Waals surface area contributed by atoms with Gasteiger partial charge in [-0.3, -0.25) is 0 Å². The van der Waals surface area contributed by atoms with Gasteiger partial charge in [-0.15, -0.1) is 0 Å². The van der Waals surface area contributed by atoms with Gasteiger partial charge in [-0.2, -0.15) is 0 Å². The van der Waals surface area contributed by atoms with Crippen molar-refractivity contribution in [2.24, 2.45) is 5.16 Å². The van der Waals surface area contributed by atoms with E-state index < -0.39 is 0 Å². The van der Waals surface area contributed by atoms with E-state index in [0.717, 1.165) is 0 Å². The summed E-state index contributed by atoms with van der Waals surface area (Å²) >= 11 is 6.17. The first kappa shape index (κ1) is 17.3. The number of nitrogens with two attached hydrogens (primary N) is 1. The van der Waals surface area contributed by atoms with Crippen LogP contribution in [0.1, 0.15) is 5.56 Å². The molecule has 2 rings (SSSR count). The molecule has 10 heteroatoms. The zero-order valence-corrected chi connectivity index (χ0v) is 13.7. The molecule has 2 amide bonds. The maximum absolute atomic E-state index is 11.3. The van der Waals surface area contributed by atoms with Crippen LogP contribution in [0.2, 0.25) is 5.02 Å². The highest BCUT2D eigenvalue weighted by Gasteiger charge is 2.13. The van der Waals surface area contributed by atoms with Crippen molar-refractivity contribution in [1.82, 2.24) is 15.3 Å². The number of hydrogen-bond acceptors (Lipinski definition) is 7. The first-order chi connectivity index (χ1) is 11.5. The van der Waals surface area contributed by atoms with Gasteiger partial charge in [-0.1, -0.05) is 16.8 Å². The van der Waals surface area contributed by atoms with Gasteiger partial charge in [-0.05, 0) is 18.2 Å². The minimum absolute atomic E-state index is 0.164. The second kappa shape index (κ2) is 7.97. The molecule has 0 aliphatic carbocycles. The Morgan fingerprint density at radius 3 is 2.88 bits per heavy atom. The van der Waals surface area contributed by atoms with E-state index in [1.54, 1.807) is 18.2 Å². The zero-order valence-electron chi connectivity index (χ0n) is 12.9. The standard InChI is InChI=1S/C14H15ClN6O3/c1-17-14(22)21-8-3-4-11(10(15)5-8)24-13-9(6-20-23-2)12(16)18-7-19-13/h3-7H,1-2H3,(H2,16,18,19)(H2,17,21,22)/b20-6+. The average Bonchev–Trinajstić information content (AvgIpc) is 2.56. The van der Waals surface area contributed by atoms with Gasteiger partial charge < -0.3 is 25.9 Å². The molecule has 0 spiro atoms. The molecule has 0 radical (unpaired) electrons. The fourth-order valence-electron chi connectivity index (χ4n) is 1.66. The number of aromatic nitrogens is 2. The summed E-state index contributed by atoms with van der Waals surface area (Å²) in [6, 6.07) is 4.40. The SMILES string of the molecule is CNC(=O)Nc1ccc(Oc2ncnc(N)c2/C=N/OC)c(Cl)c1. The Morgan fingerprint density at radius 1 is 1.42 bits per heavy atom. The van der Waals surface area contributed by atoms with Crippen molar-refractivity contribution >= 4 is 35.4 Å². The quantitative estimate of drug-likeness (QED) is 0.561. The lowest BCUT2D eigenvalue weighted by molar-refractivity contribution is 0.215. The minimum atomic E-state index is -0.360. The molecule has 1 aromatic heterocycles. The largest absolute Gasteiger partial charge is 0.437 e. The number of amides is 2. The van der Waals surface area contributed by atoms with Gasteiger partial charge in [-0.25, -0.2) is 14.8 Å². The number of carbonyl (C=O) groups is 1. The highest BCUT2D eigenvalue weighted by atomic mass is 35.5. The first-order valence-corrected chi connectivity index (χ1v) is 7.06. The molecule has 0 aliphatic rings. The first-order valence-electron chi connectivity index (χ1n) is 6.68. The molecule has 0 bridgehead atoms. The number of ether oxygens (including phenoxy) is 1. The molecular formula is C14H15ClN6O3. The summed E-state index contributed by atoms with van der Waals surface area (Å²) in [7, 11) is 2.91. The van der Waals surface area contributed by atoms with Crippen LogP contribution in [-0.2, 0) is 4.84 Å². The van der Waals surface area contributed by atoms with Crippen molar-refractivity contribution in [1.29, 1.82) is 0 Å². The fourth-order valence-corrected chi connectivity index (χ4v) is 1.88. The summed E-state index contributed by atoms with van der Waals surface area (Å²) in [4.78, 5) is 23.8. The van der Waals surface area contributed by atoms with E-state index in [9.17, 15) is 4.79 Å². The number of rotatable bonds is 5. The summed E-state index contributed by atoms with van der Waals surface area (Å²) < 4.78 is 5.67. The Balaban J connectivity index is 2.27. The predicted octanol–water partition coefficient (Wildman–Crippen LogP) is 2.24. The second-order valence-corrected chi connectivity index (χ2v) is 4.75. The van der Waals surface area contributed by atoms with Crippen molar-refractivity contribution < 1.29 is 14.4 Å². The third kappa shape index (κ3) is 4.23. The van der Waals surface area contributed by atoms with Crippen LogP contribution in [0.25, 0.3) is 0 Å². The molecule has 0 atom stereocenters. The van der Waals surface area contributed by atoms with Crippen LogP contribution in [-0.4, -0.2) is 36.4 Å². The van der Waals surface area contributed by atoms with Crippen LogP contribution in [0.15, 0.2) is 29.7 Å². The number of anilines is 2. The monoisotopic (exact) mass is 350 g/mol. The minimum Gasteiger partial charge on any atom is -0.437 e. The molecule has 0 saturated heterocycles. The Labute approximate surface area is 142 Å². The Kier molecular flexibility index (Phi) is 5.74. The Morgan fingerprint density at radius 2 is 2.21 bits per heavy atom. The summed E-state index contributed by atoms with van der Waals surface area (Å²) in [6.07, 6.45) is 2.59. The topological polar surface area (TPSA) is 124 Å². The summed E-state index contributed by atoms with van der Waals surface area (Å²) in [5, 5.41) is 8.94. The van der Waals surface area contributed by atoms with Crippen LogP contribution < -0.4 is 21.1 Å². The van der Waals surface area contributed by atoms with Gasteiger partial charge in [0.15, 0.2) is 0 Å². The summed E-state index contributed by atoms with van der Waals surface area (Å²) in [5.41, 5.74) is 6.64. The van der Waals surface area contributed by atoms with Crippen LogP contribution in [0, 0.1) is 0 Å². The normalized spacial score (nSPS) is 10.5.